The molecule has 2 rings (SSSR count). The number of hydrogen-bond acceptors (Lipinski definition) is 4. The standard InChI is InChI=1S/C12H16N2O3S/c1-13-9(10-4-3-7-18-10)8-14(12(13)16)6-5-11(15)17-2/h3-4,7,9H,5-6,8H2,1-2H3. The van der Waals surface area contributed by atoms with Crippen LogP contribution in [-0.4, -0.2) is 49.0 Å². The first-order valence-electron chi connectivity index (χ1n) is 5.75. The summed E-state index contributed by atoms with van der Waals surface area (Å²) in [7, 11) is 3.15. The lowest BCUT2D eigenvalue weighted by Gasteiger charge is -2.16. The molecule has 0 radical (unpaired) electrons. The number of carbonyl (C=O) groups excluding carboxylic acids is 2. The maximum absolute atomic E-state index is 12.0. The fraction of sp³-hybridized carbons (Fsp3) is 0.500. The van der Waals surface area contributed by atoms with Crippen LogP contribution in [0.4, 0.5) is 4.79 Å². The first kappa shape index (κ1) is 12.9. The lowest BCUT2D eigenvalue weighted by molar-refractivity contribution is -0.140. The first-order chi connectivity index (χ1) is 8.63. The second-order valence-electron chi connectivity index (χ2n) is 4.20. The molecule has 5 nitrogen and oxygen atoms in total. The van der Waals surface area contributed by atoms with E-state index in [-0.39, 0.29) is 24.5 Å². The summed E-state index contributed by atoms with van der Waals surface area (Å²) in [6.07, 6.45) is 0.243. The topological polar surface area (TPSA) is 49.9 Å². The van der Waals surface area contributed by atoms with Crippen molar-refractivity contribution in [1.29, 1.82) is 0 Å². The average molecular weight is 268 g/mol. The molecule has 1 aliphatic heterocycles. The highest BCUT2D eigenvalue weighted by Crippen LogP contribution is 2.30. The van der Waals surface area contributed by atoms with Crippen LogP contribution in [0.25, 0.3) is 0 Å². The average Bonchev–Trinajstić information content (AvgIpc) is 2.98. The Bertz CT molecular complexity index is 433. The van der Waals surface area contributed by atoms with E-state index in [0.717, 1.165) is 0 Å². The van der Waals surface area contributed by atoms with E-state index in [1.807, 2.05) is 17.5 Å². The van der Waals surface area contributed by atoms with Crippen LogP contribution in [0.1, 0.15) is 17.3 Å². The summed E-state index contributed by atoms with van der Waals surface area (Å²) in [6, 6.07) is 4.07. The summed E-state index contributed by atoms with van der Waals surface area (Å²) >= 11 is 1.64. The Morgan fingerprint density at radius 3 is 3.00 bits per heavy atom. The Kier molecular flexibility index (Phi) is 3.86. The number of amides is 2. The van der Waals surface area contributed by atoms with Gasteiger partial charge in [0, 0.05) is 25.0 Å². The van der Waals surface area contributed by atoms with E-state index in [4.69, 9.17) is 0 Å². The zero-order valence-electron chi connectivity index (χ0n) is 10.5. The normalized spacial score (nSPS) is 19.4. The van der Waals surface area contributed by atoms with Gasteiger partial charge in [-0.15, -0.1) is 11.3 Å². The van der Waals surface area contributed by atoms with Crippen molar-refractivity contribution >= 4 is 23.3 Å². The predicted molar refractivity (Wildman–Crippen MR) is 68.4 cm³/mol. The summed E-state index contributed by atoms with van der Waals surface area (Å²) < 4.78 is 4.58. The van der Waals surface area contributed by atoms with Gasteiger partial charge in [0.2, 0.25) is 0 Å². The van der Waals surface area contributed by atoms with Crippen molar-refractivity contribution in [3.8, 4) is 0 Å². The van der Waals surface area contributed by atoms with Crippen molar-refractivity contribution in [1.82, 2.24) is 9.80 Å². The summed E-state index contributed by atoms with van der Waals surface area (Å²) in [5, 5.41) is 2.00. The third-order valence-electron chi connectivity index (χ3n) is 3.12. The number of hydrogen-bond donors (Lipinski definition) is 0. The van der Waals surface area contributed by atoms with E-state index in [0.29, 0.717) is 13.1 Å². The summed E-state index contributed by atoms with van der Waals surface area (Å²) in [5.74, 6) is -0.287. The van der Waals surface area contributed by atoms with Gasteiger partial charge in [0.15, 0.2) is 0 Å². The van der Waals surface area contributed by atoms with Crippen molar-refractivity contribution in [2.75, 3.05) is 27.2 Å². The van der Waals surface area contributed by atoms with E-state index >= 15 is 0 Å². The SMILES string of the molecule is COC(=O)CCN1CC(c2cccs2)N(C)C1=O. The van der Waals surface area contributed by atoms with Gasteiger partial charge < -0.3 is 14.5 Å². The number of nitrogens with zero attached hydrogens (tertiary/aromatic N) is 2. The predicted octanol–water partition coefficient (Wildman–Crippen LogP) is 1.72. The smallest absolute Gasteiger partial charge is 0.320 e. The highest BCUT2D eigenvalue weighted by Gasteiger charge is 2.35. The van der Waals surface area contributed by atoms with Gasteiger partial charge in [-0.2, -0.15) is 0 Å². The molecule has 0 saturated carbocycles. The van der Waals surface area contributed by atoms with Crippen molar-refractivity contribution in [3.05, 3.63) is 22.4 Å². The number of esters is 1. The molecule has 1 aliphatic rings. The van der Waals surface area contributed by atoms with Gasteiger partial charge in [-0.3, -0.25) is 4.79 Å². The number of carbonyl (C=O) groups is 2. The second kappa shape index (κ2) is 5.39. The molecule has 1 saturated heterocycles. The molecule has 6 heteroatoms. The van der Waals surface area contributed by atoms with Crippen LogP contribution in [0.5, 0.6) is 0 Å². The number of urea groups is 1. The summed E-state index contributed by atoms with van der Waals surface area (Å²) in [5.41, 5.74) is 0. The number of rotatable bonds is 4. The Morgan fingerprint density at radius 2 is 2.39 bits per heavy atom. The molecule has 18 heavy (non-hydrogen) atoms. The number of ether oxygens (including phenoxy) is 1. The highest BCUT2D eigenvalue weighted by molar-refractivity contribution is 7.10. The van der Waals surface area contributed by atoms with E-state index < -0.39 is 0 Å². The monoisotopic (exact) mass is 268 g/mol. The lowest BCUT2D eigenvalue weighted by atomic mass is 10.2. The van der Waals surface area contributed by atoms with Gasteiger partial charge >= 0.3 is 12.0 Å². The first-order valence-corrected chi connectivity index (χ1v) is 6.63. The van der Waals surface area contributed by atoms with Crippen LogP contribution in [-0.2, 0) is 9.53 Å². The van der Waals surface area contributed by atoms with Gasteiger partial charge in [-0.05, 0) is 11.4 Å². The molecule has 1 atom stereocenters. The third kappa shape index (κ3) is 2.48. The van der Waals surface area contributed by atoms with Gasteiger partial charge in [0.05, 0.1) is 19.6 Å². The molecule has 1 unspecified atom stereocenters. The molecule has 2 heterocycles. The van der Waals surface area contributed by atoms with E-state index in [2.05, 4.69) is 4.74 Å². The number of methoxy groups -OCH3 is 1. The molecule has 2 amide bonds. The quantitative estimate of drug-likeness (QED) is 0.781. The minimum absolute atomic E-state index is 0.0303. The summed E-state index contributed by atoms with van der Waals surface area (Å²) in [4.78, 5) is 27.7. The Labute approximate surface area is 110 Å². The minimum Gasteiger partial charge on any atom is -0.469 e. The van der Waals surface area contributed by atoms with Crippen molar-refractivity contribution < 1.29 is 14.3 Å². The molecule has 1 fully saturated rings. The molecule has 1 aromatic heterocycles. The molecule has 98 valence electrons. The minimum atomic E-state index is -0.287. The van der Waals surface area contributed by atoms with Crippen LogP contribution >= 0.6 is 11.3 Å². The maximum Gasteiger partial charge on any atom is 0.320 e. The van der Waals surface area contributed by atoms with Crippen molar-refractivity contribution in [2.45, 2.75) is 12.5 Å². The zero-order chi connectivity index (χ0) is 13.1. The van der Waals surface area contributed by atoms with E-state index in [9.17, 15) is 9.59 Å². The number of thiophene rings is 1. The van der Waals surface area contributed by atoms with Crippen LogP contribution in [0.15, 0.2) is 17.5 Å². The fourth-order valence-corrected chi connectivity index (χ4v) is 2.90. The maximum atomic E-state index is 12.0. The molecule has 0 N–H and O–H groups in total. The van der Waals surface area contributed by atoms with E-state index in [1.54, 1.807) is 28.2 Å². The second-order valence-corrected chi connectivity index (χ2v) is 5.18. The molecule has 0 spiro atoms. The van der Waals surface area contributed by atoms with Crippen LogP contribution < -0.4 is 0 Å². The van der Waals surface area contributed by atoms with Gasteiger partial charge in [-0.25, -0.2) is 4.79 Å². The third-order valence-corrected chi connectivity index (χ3v) is 4.09. The Hall–Kier alpha value is -1.56. The lowest BCUT2D eigenvalue weighted by Crippen LogP contribution is -2.31. The van der Waals surface area contributed by atoms with Crippen molar-refractivity contribution in [2.24, 2.45) is 0 Å². The molecular weight excluding hydrogens is 252 g/mol. The van der Waals surface area contributed by atoms with Crippen LogP contribution in [0.3, 0.4) is 0 Å². The molecule has 0 aliphatic carbocycles. The van der Waals surface area contributed by atoms with Crippen LogP contribution in [0.2, 0.25) is 0 Å². The number of likely N-dealkylation sites (N-methyl/N-ethyl adjacent to an activating group) is 1. The Balaban J connectivity index is 1.99. The van der Waals surface area contributed by atoms with Crippen LogP contribution in [0, 0.1) is 0 Å². The van der Waals surface area contributed by atoms with Gasteiger partial charge in [0.25, 0.3) is 0 Å². The molecule has 0 aromatic carbocycles. The Morgan fingerprint density at radius 1 is 1.61 bits per heavy atom. The van der Waals surface area contributed by atoms with E-state index in [1.165, 1.54) is 12.0 Å². The molecular formula is C12H16N2O3S. The molecule has 0 bridgehead atoms. The molecule has 1 aromatic rings. The fourth-order valence-electron chi connectivity index (χ4n) is 2.04. The highest BCUT2D eigenvalue weighted by atomic mass is 32.1. The van der Waals surface area contributed by atoms with Gasteiger partial charge in [0.1, 0.15) is 0 Å². The largest absolute Gasteiger partial charge is 0.469 e. The van der Waals surface area contributed by atoms with Gasteiger partial charge in [-0.1, -0.05) is 6.07 Å². The summed E-state index contributed by atoms with van der Waals surface area (Å²) in [6.45, 7) is 1.05. The van der Waals surface area contributed by atoms with Crippen molar-refractivity contribution in [3.63, 3.8) is 0 Å². The zero-order valence-corrected chi connectivity index (χ0v) is 11.3.